The standard InChI is InChI=1S/C9H10ClNO3.C8H8ClNO3.Na.H2O/c1-13-8-4-7(11)5(3-6(8)10)9(12)14-2;1-13-7-3-6(10)4(8(11)12)2-5(7)9;;/h3-4H,11H2,1-2H3;2-3H,10H2,1H3,(H,11,12);;1H2/q;;+1;/p-1. The smallest absolute Gasteiger partial charge is 0.870 e. The molecule has 0 bridgehead atoms. The summed E-state index contributed by atoms with van der Waals surface area (Å²) in [7, 11) is 4.18. The van der Waals surface area contributed by atoms with E-state index in [-0.39, 0.29) is 62.6 Å². The molecule has 0 saturated carbocycles. The van der Waals surface area contributed by atoms with Gasteiger partial charge in [0.05, 0.1) is 42.5 Å². The zero-order chi connectivity index (χ0) is 20.7. The minimum Gasteiger partial charge on any atom is -0.870 e. The summed E-state index contributed by atoms with van der Waals surface area (Å²) in [5, 5.41) is 9.23. The molecule has 154 valence electrons. The summed E-state index contributed by atoms with van der Waals surface area (Å²) in [6.45, 7) is 0. The SMILES string of the molecule is COC(=O)c1cc(Cl)c(OC)cc1N.COc1cc(N)c(C(=O)O)cc1Cl.[Na+].[OH-]. The Labute approximate surface area is 199 Å². The number of halogens is 2. The van der Waals surface area contributed by atoms with Crippen molar-refractivity contribution in [2.24, 2.45) is 0 Å². The largest absolute Gasteiger partial charge is 1.00 e. The molecule has 2 aromatic rings. The van der Waals surface area contributed by atoms with E-state index in [1.807, 2.05) is 0 Å². The van der Waals surface area contributed by atoms with E-state index in [4.69, 9.17) is 49.2 Å². The molecule has 0 spiro atoms. The van der Waals surface area contributed by atoms with Gasteiger partial charge in [0.25, 0.3) is 0 Å². The Hall–Kier alpha value is -1.88. The summed E-state index contributed by atoms with van der Waals surface area (Å²) < 4.78 is 14.3. The molecular weight excluding hydrogens is 438 g/mol. The molecular formula is C17H19Cl2N2NaO7. The van der Waals surface area contributed by atoms with Gasteiger partial charge in [0.2, 0.25) is 0 Å². The number of carboxylic acid groups (broad SMARTS) is 1. The van der Waals surface area contributed by atoms with Crippen molar-refractivity contribution in [3.05, 3.63) is 45.4 Å². The number of carbonyl (C=O) groups is 2. The molecule has 0 atom stereocenters. The van der Waals surface area contributed by atoms with Gasteiger partial charge in [-0.15, -0.1) is 0 Å². The number of nitrogen functional groups attached to an aromatic ring is 2. The normalized spacial score (nSPS) is 9.00. The van der Waals surface area contributed by atoms with Crippen LogP contribution in [0.25, 0.3) is 0 Å². The van der Waals surface area contributed by atoms with E-state index in [1.54, 1.807) is 0 Å². The minimum atomic E-state index is -1.11. The zero-order valence-electron chi connectivity index (χ0n) is 16.2. The maximum Gasteiger partial charge on any atom is 1.00 e. The second-order valence-corrected chi connectivity index (χ2v) is 5.76. The van der Waals surface area contributed by atoms with Gasteiger partial charge in [0, 0.05) is 23.5 Å². The molecule has 12 heteroatoms. The van der Waals surface area contributed by atoms with E-state index in [2.05, 4.69) is 4.74 Å². The Kier molecular flexibility index (Phi) is 13.5. The van der Waals surface area contributed by atoms with E-state index in [0.29, 0.717) is 16.5 Å². The topological polar surface area (TPSA) is 164 Å². The Morgan fingerprint density at radius 1 is 0.862 bits per heavy atom. The van der Waals surface area contributed by atoms with E-state index < -0.39 is 11.9 Å². The second-order valence-electron chi connectivity index (χ2n) is 4.94. The number of carboxylic acids is 1. The van der Waals surface area contributed by atoms with E-state index in [9.17, 15) is 9.59 Å². The van der Waals surface area contributed by atoms with Crippen molar-refractivity contribution in [1.29, 1.82) is 0 Å². The fraction of sp³-hybridized carbons (Fsp3) is 0.176. The average molecular weight is 457 g/mol. The molecule has 6 N–H and O–H groups in total. The third-order valence-electron chi connectivity index (χ3n) is 3.28. The van der Waals surface area contributed by atoms with Crippen LogP contribution < -0.4 is 50.5 Å². The molecule has 29 heavy (non-hydrogen) atoms. The Bertz CT molecular complexity index is 866. The molecule has 0 unspecified atom stereocenters. The molecule has 0 aliphatic carbocycles. The van der Waals surface area contributed by atoms with Gasteiger partial charge in [0.15, 0.2) is 0 Å². The van der Waals surface area contributed by atoms with Gasteiger partial charge in [-0.1, -0.05) is 23.2 Å². The Morgan fingerprint density at radius 3 is 1.59 bits per heavy atom. The molecule has 0 aliphatic heterocycles. The van der Waals surface area contributed by atoms with Crippen LogP contribution >= 0.6 is 23.2 Å². The van der Waals surface area contributed by atoms with Crippen LogP contribution in [-0.4, -0.2) is 43.9 Å². The monoisotopic (exact) mass is 456 g/mol. The zero-order valence-corrected chi connectivity index (χ0v) is 19.7. The predicted octanol–water partition coefficient (Wildman–Crippen LogP) is 0.174. The van der Waals surface area contributed by atoms with Crippen LogP contribution in [0.4, 0.5) is 11.4 Å². The molecule has 2 aromatic carbocycles. The van der Waals surface area contributed by atoms with Crippen LogP contribution in [-0.2, 0) is 4.74 Å². The van der Waals surface area contributed by atoms with Crippen LogP contribution in [0.2, 0.25) is 10.0 Å². The molecule has 0 amide bonds. The fourth-order valence-corrected chi connectivity index (χ4v) is 2.40. The number of hydrogen-bond donors (Lipinski definition) is 3. The summed E-state index contributed by atoms with van der Waals surface area (Å²) in [4.78, 5) is 21.8. The number of anilines is 2. The Morgan fingerprint density at radius 2 is 1.24 bits per heavy atom. The molecule has 0 radical (unpaired) electrons. The first-order valence-electron chi connectivity index (χ1n) is 7.23. The maximum absolute atomic E-state index is 11.2. The van der Waals surface area contributed by atoms with Crippen LogP contribution in [0.15, 0.2) is 24.3 Å². The number of hydrogen-bond acceptors (Lipinski definition) is 8. The van der Waals surface area contributed by atoms with Crippen molar-refractivity contribution in [2.75, 3.05) is 32.8 Å². The van der Waals surface area contributed by atoms with Crippen molar-refractivity contribution in [3.63, 3.8) is 0 Å². The maximum atomic E-state index is 11.2. The van der Waals surface area contributed by atoms with Crippen LogP contribution in [0.1, 0.15) is 20.7 Å². The van der Waals surface area contributed by atoms with Gasteiger partial charge in [0.1, 0.15) is 11.5 Å². The van der Waals surface area contributed by atoms with Crippen molar-refractivity contribution in [3.8, 4) is 11.5 Å². The average Bonchev–Trinajstić information content (AvgIpc) is 2.64. The van der Waals surface area contributed by atoms with Gasteiger partial charge < -0.3 is 36.3 Å². The summed E-state index contributed by atoms with van der Waals surface area (Å²) in [5.41, 5.74) is 11.7. The molecule has 2 rings (SSSR count). The van der Waals surface area contributed by atoms with Crippen molar-refractivity contribution in [2.45, 2.75) is 0 Å². The number of ether oxygens (including phenoxy) is 3. The van der Waals surface area contributed by atoms with Gasteiger partial charge in [-0.05, 0) is 12.1 Å². The van der Waals surface area contributed by atoms with Crippen LogP contribution in [0.3, 0.4) is 0 Å². The first-order valence-corrected chi connectivity index (χ1v) is 7.99. The van der Waals surface area contributed by atoms with Gasteiger partial charge in [-0.25, -0.2) is 9.59 Å². The number of benzene rings is 2. The number of aromatic carboxylic acids is 1. The fourth-order valence-electron chi connectivity index (χ4n) is 1.92. The quantitative estimate of drug-likeness (QED) is 0.330. The molecule has 9 nitrogen and oxygen atoms in total. The minimum absolute atomic E-state index is 0. The summed E-state index contributed by atoms with van der Waals surface area (Å²) in [6, 6.07) is 5.54. The third-order valence-corrected chi connectivity index (χ3v) is 3.87. The molecule has 0 fully saturated rings. The third kappa shape index (κ3) is 7.81. The van der Waals surface area contributed by atoms with Crippen LogP contribution in [0, 0.1) is 0 Å². The van der Waals surface area contributed by atoms with Gasteiger partial charge in [-0.2, -0.15) is 0 Å². The summed E-state index contributed by atoms with van der Waals surface area (Å²) in [6.07, 6.45) is 0. The number of carbonyl (C=O) groups excluding carboxylic acids is 1. The van der Waals surface area contributed by atoms with E-state index in [1.165, 1.54) is 45.6 Å². The first kappa shape index (κ1) is 29.3. The second kappa shape index (κ2) is 13.4. The number of rotatable bonds is 4. The van der Waals surface area contributed by atoms with Gasteiger partial charge >= 0.3 is 41.5 Å². The van der Waals surface area contributed by atoms with E-state index >= 15 is 0 Å². The predicted molar refractivity (Wildman–Crippen MR) is 105 cm³/mol. The number of esters is 1. The van der Waals surface area contributed by atoms with Crippen molar-refractivity contribution < 1.29 is 63.9 Å². The molecule has 0 aromatic heterocycles. The van der Waals surface area contributed by atoms with Crippen molar-refractivity contribution >= 4 is 46.5 Å². The summed E-state index contributed by atoms with van der Waals surface area (Å²) in [5.74, 6) is -0.838. The van der Waals surface area contributed by atoms with Crippen LogP contribution in [0.5, 0.6) is 11.5 Å². The van der Waals surface area contributed by atoms with Crippen molar-refractivity contribution in [1.82, 2.24) is 0 Å². The Balaban J connectivity index is 0. The van der Waals surface area contributed by atoms with E-state index in [0.717, 1.165) is 0 Å². The molecule has 0 saturated heterocycles. The summed E-state index contributed by atoms with van der Waals surface area (Å²) >= 11 is 11.5. The number of nitrogens with two attached hydrogens (primary N) is 2. The first-order chi connectivity index (χ1) is 12.7. The number of methoxy groups -OCH3 is 3. The molecule has 0 aliphatic rings. The molecule has 0 heterocycles. The van der Waals surface area contributed by atoms with Gasteiger partial charge in [-0.3, -0.25) is 0 Å².